The summed E-state index contributed by atoms with van der Waals surface area (Å²) in [6, 6.07) is 16.9. The predicted octanol–water partition coefficient (Wildman–Crippen LogP) is 3.31. The van der Waals surface area contributed by atoms with Crippen molar-refractivity contribution in [3.63, 3.8) is 0 Å². The molecule has 0 aliphatic rings. The second-order valence-electron chi connectivity index (χ2n) is 4.04. The van der Waals surface area contributed by atoms with Crippen LogP contribution in [0.5, 0.6) is 0 Å². The minimum Gasteiger partial charge on any atom is -0.305 e. The minimum absolute atomic E-state index is 0.719. The van der Waals surface area contributed by atoms with Crippen molar-refractivity contribution in [3.05, 3.63) is 59.7 Å². The number of hydrogen-bond donors (Lipinski definition) is 1. The third-order valence-corrected chi connectivity index (χ3v) is 2.81. The highest BCUT2D eigenvalue weighted by atomic mass is 16.6. The van der Waals surface area contributed by atoms with Crippen molar-refractivity contribution >= 4 is 0 Å². The van der Waals surface area contributed by atoms with Crippen molar-refractivity contribution in [3.8, 4) is 11.1 Å². The van der Waals surface area contributed by atoms with E-state index in [1.807, 2.05) is 6.07 Å². The molecule has 2 aromatic carbocycles. The lowest BCUT2D eigenvalue weighted by Gasteiger charge is -2.09. The first kappa shape index (κ1) is 11.8. The summed E-state index contributed by atoms with van der Waals surface area (Å²) in [7, 11) is 1.63. The van der Waals surface area contributed by atoms with Crippen molar-refractivity contribution in [2.75, 3.05) is 7.11 Å². The molecule has 0 amide bonds. The van der Waals surface area contributed by atoms with Crippen LogP contribution in [0.1, 0.15) is 11.1 Å². The van der Waals surface area contributed by atoms with Gasteiger partial charge in [0.2, 0.25) is 0 Å². The molecule has 0 saturated carbocycles. The normalized spacial score (nSPS) is 10.5. The lowest BCUT2D eigenvalue weighted by atomic mass is 9.98. The maximum absolute atomic E-state index is 4.87. The Labute approximate surface area is 102 Å². The topological polar surface area (TPSA) is 21.3 Å². The molecule has 0 aliphatic carbocycles. The van der Waals surface area contributed by atoms with Crippen molar-refractivity contribution in [2.24, 2.45) is 0 Å². The number of nitrogens with one attached hydrogen (secondary N) is 1. The zero-order chi connectivity index (χ0) is 12.1. The summed E-state index contributed by atoms with van der Waals surface area (Å²) in [5.74, 6) is 0. The van der Waals surface area contributed by atoms with Gasteiger partial charge in [0, 0.05) is 6.54 Å². The van der Waals surface area contributed by atoms with Crippen molar-refractivity contribution in [2.45, 2.75) is 13.5 Å². The number of aryl methyl sites for hydroxylation is 1. The van der Waals surface area contributed by atoms with Gasteiger partial charge < -0.3 is 4.84 Å². The maximum Gasteiger partial charge on any atom is 0.0572 e. The van der Waals surface area contributed by atoms with Crippen LogP contribution in [0, 0.1) is 6.92 Å². The van der Waals surface area contributed by atoms with E-state index >= 15 is 0 Å². The molecule has 0 atom stereocenters. The van der Waals surface area contributed by atoms with E-state index in [1.165, 1.54) is 22.3 Å². The smallest absolute Gasteiger partial charge is 0.0572 e. The molecule has 17 heavy (non-hydrogen) atoms. The number of benzene rings is 2. The van der Waals surface area contributed by atoms with Gasteiger partial charge in [-0.05, 0) is 35.2 Å². The Balaban J connectivity index is 2.33. The van der Waals surface area contributed by atoms with Crippen molar-refractivity contribution < 1.29 is 4.84 Å². The van der Waals surface area contributed by atoms with Crippen LogP contribution in [0.4, 0.5) is 0 Å². The molecule has 0 bridgehead atoms. The molecule has 2 heteroatoms. The van der Waals surface area contributed by atoms with Gasteiger partial charge in [-0.2, -0.15) is 5.48 Å². The molecule has 0 aliphatic heterocycles. The molecule has 1 N–H and O–H groups in total. The average Bonchev–Trinajstić information content (AvgIpc) is 2.39. The molecule has 0 radical (unpaired) electrons. The van der Waals surface area contributed by atoms with Gasteiger partial charge in [0.1, 0.15) is 0 Å². The number of rotatable bonds is 4. The molecule has 0 spiro atoms. The van der Waals surface area contributed by atoms with Gasteiger partial charge in [0.25, 0.3) is 0 Å². The first-order valence-corrected chi connectivity index (χ1v) is 5.72. The van der Waals surface area contributed by atoms with E-state index in [-0.39, 0.29) is 0 Å². The number of hydroxylamine groups is 1. The number of hydrogen-bond acceptors (Lipinski definition) is 2. The van der Waals surface area contributed by atoms with E-state index in [0.717, 1.165) is 6.54 Å². The van der Waals surface area contributed by atoms with Crippen molar-refractivity contribution in [1.29, 1.82) is 0 Å². The maximum atomic E-state index is 4.87. The van der Waals surface area contributed by atoms with Gasteiger partial charge >= 0.3 is 0 Å². The van der Waals surface area contributed by atoms with E-state index in [1.54, 1.807) is 7.11 Å². The van der Waals surface area contributed by atoms with E-state index in [9.17, 15) is 0 Å². The Bertz CT molecular complexity index is 480. The van der Waals surface area contributed by atoms with Gasteiger partial charge in [0.05, 0.1) is 7.11 Å². The summed E-state index contributed by atoms with van der Waals surface area (Å²) in [6.07, 6.45) is 0. The Morgan fingerprint density at radius 1 is 1.06 bits per heavy atom. The minimum atomic E-state index is 0.719. The fourth-order valence-corrected chi connectivity index (χ4v) is 1.86. The first-order chi connectivity index (χ1) is 8.31. The van der Waals surface area contributed by atoms with Gasteiger partial charge in [-0.15, -0.1) is 0 Å². The van der Waals surface area contributed by atoms with Crippen molar-refractivity contribution in [1.82, 2.24) is 5.48 Å². The summed E-state index contributed by atoms with van der Waals surface area (Å²) in [5, 5.41) is 0. The van der Waals surface area contributed by atoms with E-state index in [0.29, 0.717) is 0 Å². The van der Waals surface area contributed by atoms with Crippen LogP contribution in [-0.4, -0.2) is 7.11 Å². The van der Waals surface area contributed by atoms with Crippen LogP contribution < -0.4 is 5.48 Å². The molecule has 2 aromatic rings. The predicted molar refractivity (Wildman–Crippen MR) is 70.5 cm³/mol. The zero-order valence-corrected chi connectivity index (χ0v) is 10.2. The standard InChI is InChI=1S/C15H17NO/c1-12-8-9-13(11-16-17-2)10-15(12)14-6-4-3-5-7-14/h3-10,16H,11H2,1-2H3. The summed E-state index contributed by atoms with van der Waals surface area (Å²) < 4.78 is 0. The van der Waals surface area contributed by atoms with Gasteiger partial charge in [-0.1, -0.05) is 42.5 Å². The van der Waals surface area contributed by atoms with Crippen LogP contribution in [0.2, 0.25) is 0 Å². The molecular weight excluding hydrogens is 210 g/mol. The van der Waals surface area contributed by atoms with E-state index in [2.05, 4.69) is 54.9 Å². The average molecular weight is 227 g/mol. The molecule has 2 nitrogen and oxygen atoms in total. The van der Waals surface area contributed by atoms with Crippen LogP contribution in [-0.2, 0) is 11.4 Å². The summed E-state index contributed by atoms with van der Waals surface area (Å²) in [6.45, 7) is 2.85. The van der Waals surface area contributed by atoms with Gasteiger partial charge in [-0.3, -0.25) is 0 Å². The quantitative estimate of drug-likeness (QED) is 0.809. The Morgan fingerprint density at radius 2 is 1.82 bits per heavy atom. The second-order valence-corrected chi connectivity index (χ2v) is 4.04. The van der Waals surface area contributed by atoms with Gasteiger partial charge in [0.15, 0.2) is 0 Å². The lowest BCUT2D eigenvalue weighted by molar-refractivity contribution is 0.0867. The van der Waals surface area contributed by atoms with Crippen LogP contribution >= 0.6 is 0 Å². The Morgan fingerprint density at radius 3 is 2.53 bits per heavy atom. The lowest BCUT2D eigenvalue weighted by Crippen LogP contribution is -2.10. The molecular formula is C15H17NO. The molecule has 0 fully saturated rings. The molecule has 0 unspecified atom stereocenters. The largest absolute Gasteiger partial charge is 0.305 e. The van der Waals surface area contributed by atoms with E-state index < -0.39 is 0 Å². The summed E-state index contributed by atoms with van der Waals surface area (Å²) in [4.78, 5) is 4.87. The summed E-state index contributed by atoms with van der Waals surface area (Å²) in [5.41, 5.74) is 7.90. The molecule has 0 aromatic heterocycles. The highest BCUT2D eigenvalue weighted by Crippen LogP contribution is 2.24. The fraction of sp³-hybridized carbons (Fsp3) is 0.200. The first-order valence-electron chi connectivity index (χ1n) is 5.72. The molecule has 0 saturated heterocycles. The monoisotopic (exact) mass is 227 g/mol. The fourth-order valence-electron chi connectivity index (χ4n) is 1.86. The van der Waals surface area contributed by atoms with Crippen LogP contribution in [0.3, 0.4) is 0 Å². The highest BCUT2D eigenvalue weighted by molar-refractivity contribution is 5.67. The Hall–Kier alpha value is -1.64. The molecule has 0 heterocycles. The molecule has 2 rings (SSSR count). The third kappa shape index (κ3) is 2.93. The van der Waals surface area contributed by atoms with Crippen LogP contribution in [0.25, 0.3) is 11.1 Å². The highest BCUT2D eigenvalue weighted by Gasteiger charge is 2.02. The van der Waals surface area contributed by atoms with Gasteiger partial charge in [-0.25, -0.2) is 0 Å². The zero-order valence-electron chi connectivity index (χ0n) is 10.2. The summed E-state index contributed by atoms with van der Waals surface area (Å²) >= 11 is 0. The SMILES string of the molecule is CONCc1ccc(C)c(-c2ccccc2)c1. The van der Waals surface area contributed by atoms with Crippen LogP contribution in [0.15, 0.2) is 48.5 Å². The second kappa shape index (κ2) is 5.62. The van der Waals surface area contributed by atoms with E-state index in [4.69, 9.17) is 4.84 Å². The molecule has 88 valence electrons. The Kier molecular flexibility index (Phi) is 3.91. The third-order valence-electron chi connectivity index (χ3n) is 2.81.